The fourth-order valence-electron chi connectivity index (χ4n) is 1.84. The van der Waals surface area contributed by atoms with Crippen molar-refractivity contribution in [2.45, 2.75) is 0 Å². The molecule has 124 valence electrons. The molecule has 2 N–H and O–H groups in total. The Hall–Kier alpha value is -3.00. The number of carboxylic acid groups (broad SMARTS) is 2. The van der Waals surface area contributed by atoms with Gasteiger partial charge in [0.15, 0.2) is 17.4 Å². The smallest absolute Gasteiger partial charge is 0.346 e. The molecule has 0 saturated carbocycles. The predicted octanol–water partition coefficient (Wildman–Crippen LogP) is 3.23. The Morgan fingerprint density at radius 3 is 2.17 bits per heavy atom. The molecule has 0 aromatic heterocycles. The highest BCUT2D eigenvalue weighted by molar-refractivity contribution is 6.31. The van der Waals surface area contributed by atoms with Crippen molar-refractivity contribution >= 4 is 29.5 Å². The zero-order chi connectivity index (χ0) is 18.0. The molecule has 2 aromatic rings. The molecule has 2 rings (SSSR count). The normalized spacial score (nSPS) is 10.3. The maximum Gasteiger partial charge on any atom is 0.346 e. The number of halogens is 3. The second kappa shape index (κ2) is 6.63. The van der Waals surface area contributed by atoms with Crippen LogP contribution in [-0.2, 0) is 0 Å². The van der Waals surface area contributed by atoms with Gasteiger partial charge in [-0.15, -0.1) is 0 Å². The summed E-state index contributed by atoms with van der Waals surface area (Å²) in [6.45, 7) is 0. The lowest BCUT2D eigenvalue weighted by Gasteiger charge is -2.10. The maximum atomic E-state index is 14.2. The predicted molar refractivity (Wildman–Crippen MR) is 76.7 cm³/mol. The lowest BCUT2D eigenvalue weighted by Crippen LogP contribution is -2.15. The Labute approximate surface area is 137 Å². The van der Waals surface area contributed by atoms with E-state index in [1.165, 1.54) is 12.1 Å². The Morgan fingerprint density at radius 1 is 0.917 bits per heavy atom. The Bertz CT molecular complexity index is 865. The van der Waals surface area contributed by atoms with Gasteiger partial charge >= 0.3 is 17.9 Å². The van der Waals surface area contributed by atoms with Crippen molar-refractivity contribution in [3.63, 3.8) is 0 Å². The molecule has 0 radical (unpaired) electrons. The van der Waals surface area contributed by atoms with Crippen molar-refractivity contribution in [3.8, 4) is 5.75 Å². The van der Waals surface area contributed by atoms with Gasteiger partial charge < -0.3 is 14.9 Å². The maximum absolute atomic E-state index is 14.2. The monoisotopic (exact) mass is 356 g/mol. The third kappa shape index (κ3) is 3.18. The number of aromatic carboxylic acids is 2. The van der Waals surface area contributed by atoms with Crippen molar-refractivity contribution < 1.29 is 38.1 Å². The summed E-state index contributed by atoms with van der Waals surface area (Å²) in [6.07, 6.45) is 0. The van der Waals surface area contributed by atoms with Gasteiger partial charge in [-0.2, -0.15) is 0 Å². The van der Waals surface area contributed by atoms with Crippen LogP contribution in [0.1, 0.15) is 31.1 Å². The van der Waals surface area contributed by atoms with E-state index in [2.05, 4.69) is 4.74 Å². The fraction of sp³-hybridized carbons (Fsp3) is 0. The summed E-state index contributed by atoms with van der Waals surface area (Å²) in [5.74, 6) is -8.39. The molecule has 0 amide bonds. The molecule has 6 nitrogen and oxygen atoms in total. The first-order chi connectivity index (χ1) is 11.2. The lowest BCUT2D eigenvalue weighted by molar-refractivity contribution is 0.0642. The number of carboxylic acids is 2. The van der Waals surface area contributed by atoms with E-state index in [1.54, 1.807) is 0 Å². The molecular weight excluding hydrogens is 350 g/mol. The third-order valence-corrected chi connectivity index (χ3v) is 3.22. The molecule has 0 spiro atoms. The van der Waals surface area contributed by atoms with Gasteiger partial charge in [0.2, 0.25) is 0 Å². The lowest BCUT2D eigenvalue weighted by atomic mass is 10.1. The number of esters is 1. The molecule has 2 aromatic carbocycles. The van der Waals surface area contributed by atoms with Crippen molar-refractivity contribution in [1.29, 1.82) is 0 Å². The SMILES string of the molecule is O=C(Oc1ccc(C(=O)O)c(C(=O)O)c1F)c1cccc(Cl)c1F. The molecule has 0 saturated heterocycles. The van der Waals surface area contributed by atoms with E-state index in [0.29, 0.717) is 0 Å². The molecule has 0 heterocycles. The average Bonchev–Trinajstić information content (AvgIpc) is 2.50. The van der Waals surface area contributed by atoms with Crippen LogP contribution in [0.15, 0.2) is 30.3 Å². The van der Waals surface area contributed by atoms with Crippen LogP contribution in [0, 0.1) is 11.6 Å². The molecule has 9 heteroatoms. The number of benzene rings is 2. The molecule has 0 atom stereocenters. The minimum Gasteiger partial charge on any atom is -0.478 e. The number of rotatable bonds is 4. The fourth-order valence-corrected chi connectivity index (χ4v) is 2.01. The number of carbonyl (C=O) groups is 3. The minimum absolute atomic E-state index is 0.364. The molecule has 0 aliphatic rings. The molecule has 0 fully saturated rings. The van der Waals surface area contributed by atoms with Crippen molar-refractivity contribution in [2.24, 2.45) is 0 Å². The van der Waals surface area contributed by atoms with Crippen molar-refractivity contribution in [2.75, 3.05) is 0 Å². The van der Waals surface area contributed by atoms with Crippen LogP contribution in [0.4, 0.5) is 8.78 Å². The van der Waals surface area contributed by atoms with Gasteiger partial charge in [0, 0.05) is 0 Å². The second-order valence-electron chi connectivity index (χ2n) is 4.40. The number of carbonyl (C=O) groups excluding carboxylic acids is 1. The van der Waals surface area contributed by atoms with Crippen LogP contribution >= 0.6 is 11.6 Å². The zero-order valence-electron chi connectivity index (χ0n) is 11.5. The number of hydrogen-bond acceptors (Lipinski definition) is 4. The van der Waals surface area contributed by atoms with Gasteiger partial charge in [-0.3, -0.25) is 0 Å². The molecular formula is C15H7ClF2O6. The highest BCUT2D eigenvalue weighted by Gasteiger charge is 2.26. The van der Waals surface area contributed by atoms with Gasteiger partial charge in [-0.25, -0.2) is 23.2 Å². The number of ether oxygens (including phenoxy) is 1. The second-order valence-corrected chi connectivity index (χ2v) is 4.81. The molecule has 0 bridgehead atoms. The van der Waals surface area contributed by atoms with Crippen LogP contribution in [-0.4, -0.2) is 28.1 Å². The Morgan fingerprint density at radius 2 is 1.58 bits per heavy atom. The summed E-state index contributed by atoms with van der Waals surface area (Å²) in [7, 11) is 0. The van der Waals surface area contributed by atoms with Crippen LogP contribution in [0.25, 0.3) is 0 Å². The molecule has 0 aliphatic heterocycles. The average molecular weight is 357 g/mol. The van der Waals surface area contributed by atoms with Crippen LogP contribution in [0.2, 0.25) is 5.02 Å². The summed E-state index contributed by atoms with van der Waals surface area (Å²) in [5.41, 5.74) is -2.60. The first-order valence-electron chi connectivity index (χ1n) is 6.19. The van der Waals surface area contributed by atoms with E-state index in [-0.39, 0.29) is 5.02 Å². The van der Waals surface area contributed by atoms with E-state index >= 15 is 0 Å². The van der Waals surface area contributed by atoms with Crippen LogP contribution in [0.5, 0.6) is 5.75 Å². The summed E-state index contributed by atoms with van der Waals surface area (Å²) in [4.78, 5) is 33.8. The van der Waals surface area contributed by atoms with E-state index in [0.717, 1.165) is 18.2 Å². The van der Waals surface area contributed by atoms with Gasteiger partial charge in [0.05, 0.1) is 16.1 Å². The zero-order valence-corrected chi connectivity index (χ0v) is 12.3. The summed E-state index contributed by atoms with van der Waals surface area (Å²) < 4.78 is 32.5. The topological polar surface area (TPSA) is 101 Å². The highest BCUT2D eigenvalue weighted by Crippen LogP contribution is 2.26. The van der Waals surface area contributed by atoms with E-state index < -0.39 is 52.0 Å². The Balaban J connectivity index is 2.45. The van der Waals surface area contributed by atoms with E-state index in [9.17, 15) is 23.2 Å². The van der Waals surface area contributed by atoms with Crippen LogP contribution < -0.4 is 4.74 Å². The molecule has 0 unspecified atom stereocenters. The van der Waals surface area contributed by atoms with Gasteiger partial charge in [-0.05, 0) is 24.3 Å². The van der Waals surface area contributed by atoms with Gasteiger partial charge in [0.25, 0.3) is 0 Å². The summed E-state index contributed by atoms with van der Waals surface area (Å²) >= 11 is 5.51. The standard InChI is InChI=1S/C15H7ClF2O6/c16-8-3-1-2-7(11(8)17)15(23)24-9-5-4-6(13(19)20)10(12(9)18)14(21)22/h1-5H,(H,19,20)(H,21,22). The number of hydrogen-bond donors (Lipinski definition) is 2. The summed E-state index contributed by atoms with van der Waals surface area (Å²) in [5, 5.41) is 17.4. The third-order valence-electron chi connectivity index (χ3n) is 2.92. The Kier molecular flexibility index (Phi) is 4.79. The largest absolute Gasteiger partial charge is 0.478 e. The van der Waals surface area contributed by atoms with Gasteiger partial charge in [0.1, 0.15) is 5.56 Å². The summed E-state index contributed by atoms with van der Waals surface area (Å²) in [6, 6.07) is 4.98. The molecule has 0 aliphatic carbocycles. The highest BCUT2D eigenvalue weighted by atomic mass is 35.5. The van der Waals surface area contributed by atoms with Crippen LogP contribution in [0.3, 0.4) is 0 Å². The first kappa shape index (κ1) is 17.4. The molecule has 24 heavy (non-hydrogen) atoms. The minimum atomic E-state index is -1.86. The van der Waals surface area contributed by atoms with E-state index in [1.807, 2.05) is 0 Å². The van der Waals surface area contributed by atoms with Crippen molar-refractivity contribution in [3.05, 3.63) is 63.7 Å². The quantitative estimate of drug-likeness (QED) is 0.644. The van der Waals surface area contributed by atoms with Crippen molar-refractivity contribution in [1.82, 2.24) is 0 Å². The van der Waals surface area contributed by atoms with E-state index in [4.69, 9.17) is 21.8 Å². The van der Waals surface area contributed by atoms with Gasteiger partial charge in [-0.1, -0.05) is 17.7 Å². The first-order valence-corrected chi connectivity index (χ1v) is 6.57.